The smallest absolute Gasteiger partial charge is 0.349 e. The average molecular weight is 331 g/mol. The Morgan fingerprint density at radius 3 is 1.96 bits per heavy atom. The van der Waals surface area contributed by atoms with Gasteiger partial charge < -0.3 is 24.6 Å². The van der Waals surface area contributed by atoms with E-state index in [1.54, 1.807) is 0 Å². The van der Waals surface area contributed by atoms with E-state index >= 15 is 0 Å². The molecule has 10 heteroatoms. The summed E-state index contributed by atoms with van der Waals surface area (Å²) in [5.74, 6) is -5.92. The largest absolute Gasteiger partial charge is 0.480 e. The molecule has 1 aliphatic heterocycles. The highest BCUT2D eigenvalue weighted by molar-refractivity contribution is 5.93. The number of likely N-dealkylation sites (tertiary alicyclic amines) is 1. The molecule has 0 aromatic carbocycles. The number of hydrogen-bond donors (Lipinski definition) is 2. The van der Waals surface area contributed by atoms with Gasteiger partial charge in [-0.3, -0.25) is 14.4 Å². The maximum Gasteiger partial charge on any atom is 0.349 e. The molecule has 0 aromatic rings. The summed E-state index contributed by atoms with van der Waals surface area (Å²) < 4.78 is 9.24. The minimum absolute atomic E-state index is 0.0694. The zero-order chi connectivity index (χ0) is 17.7. The fourth-order valence-electron chi connectivity index (χ4n) is 2.29. The molecular formula is C13H17NO9. The number of amides is 1. The molecule has 2 N–H and O–H groups in total. The molecule has 0 unspecified atom stereocenters. The standard InChI is InChI=1S/C13H17NO9/c1-6(15)22-9(10(13(20)21)23-7(2)16)11(17)14-5-3-4-8(14)12(18)19/h8-10H,3-5H2,1-2H3,(H,18,19)(H,20,21)/t8-,9-,10-/m0/s1. The number of carbonyl (C=O) groups excluding carboxylic acids is 3. The van der Waals surface area contributed by atoms with E-state index in [9.17, 15) is 24.0 Å². The van der Waals surface area contributed by atoms with E-state index in [2.05, 4.69) is 4.74 Å². The number of carboxylic acid groups (broad SMARTS) is 2. The van der Waals surface area contributed by atoms with Gasteiger partial charge in [0.05, 0.1) is 0 Å². The zero-order valence-electron chi connectivity index (χ0n) is 12.6. The summed E-state index contributed by atoms with van der Waals surface area (Å²) in [6.07, 6.45) is -3.41. The van der Waals surface area contributed by atoms with Crippen molar-refractivity contribution in [2.45, 2.75) is 44.9 Å². The maximum atomic E-state index is 12.5. The van der Waals surface area contributed by atoms with Gasteiger partial charge in [0.1, 0.15) is 6.04 Å². The lowest BCUT2D eigenvalue weighted by Crippen LogP contribution is -2.53. The highest BCUT2D eigenvalue weighted by atomic mass is 16.6. The van der Waals surface area contributed by atoms with Crippen molar-refractivity contribution in [3.63, 3.8) is 0 Å². The summed E-state index contributed by atoms with van der Waals surface area (Å²) >= 11 is 0. The van der Waals surface area contributed by atoms with Crippen LogP contribution in [-0.4, -0.2) is 69.7 Å². The number of ether oxygens (including phenoxy) is 2. The minimum Gasteiger partial charge on any atom is -0.480 e. The second kappa shape index (κ2) is 7.56. The monoisotopic (exact) mass is 331 g/mol. The summed E-state index contributed by atoms with van der Waals surface area (Å²) in [7, 11) is 0. The lowest BCUT2D eigenvalue weighted by Gasteiger charge is -2.28. The van der Waals surface area contributed by atoms with Gasteiger partial charge in [-0.25, -0.2) is 9.59 Å². The predicted octanol–water partition coefficient (Wildman–Crippen LogP) is -0.990. The number of carboxylic acids is 2. The Kier molecular flexibility index (Phi) is 6.05. The van der Waals surface area contributed by atoms with E-state index in [0.717, 1.165) is 18.7 Å². The van der Waals surface area contributed by atoms with Gasteiger partial charge in [-0.2, -0.15) is 0 Å². The first-order valence-corrected chi connectivity index (χ1v) is 6.75. The van der Waals surface area contributed by atoms with Crippen LogP contribution in [0.15, 0.2) is 0 Å². The van der Waals surface area contributed by atoms with Crippen LogP contribution in [0.2, 0.25) is 0 Å². The number of nitrogens with zero attached hydrogens (tertiary/aromatic N) is 1. The van der Waals surface area contributed by atoms with Gasteiger partial charge in [-0.15, -0.1) is 0 Å². The summed E-state index contributed by atoms with van der Waals surface area (Å²) in [5.41, 5.74) is 0. The number of rotatable bonds is 6. The quantitative estimate of drug-likeness (QED) is 0.585. The van der Waals surface area contributed by atoms with Crippen molar-refractivity contribution in [3.05, 3.63) is 0 Å². The first-order chi connectivity index (χ1) is 10.6. The maximum absolute atomic E-state index is 12.5. The number of aliphatic carboxylic acids is 2. The highest BCUT2D eigenvalue weighted by Crippen LogP contribution is 2.21. The molecule has 1 saturated heterocycles. The summed E-state index contributed by atoms with van der Waals surface area (Å²) in [6, 6.07) is -1.15. The summed E-state index contributed by atoms with van der Waals surface area (Å²) in [6.45, 7) is 1.95. The average Bonchev–Trinajstić information content (AvgIpc) is 2.90. The van der Waals surface area contributed by atoms with Crippen LogP contribution >= 0.6 is 0 Å². The highest BCUT2D eigenvalue weighted by Gasteiger charge is 2.45. The molecule has 1 aliphatic rings. The van der Waals surface area contributed by atoms with Gasteiger partial charge in [-0.1, -0.05) is 0 Å². The van der Waals surface area contributed by atoms with Crippen molar-refractivity contribution < 1.29 is 43.7 Å². The fourth-order valence-corrected chi connectivity index (χ4v) is 2.29. The third-order valence-electron chi connectivity index (χ3n) is 3.17. The zero-order valence-corrected chi connectivity index (χ0v) is 12.6. The Bertz CT molecular complexity index is 530. The molecule has 1 amide bonds. The Labute approximate surface area is 130 Å². The first kappa shape index (κ1) is 18.4. The molecule has 10 nitrogen and oxygen atoms in total. The van der Waals surface area contributed by atoms with Gasteiger partial charge in [-0.05, 0) is 12.8 Å². The lowest BCUT2D eigenvalue weighted by atomic mass is 10.1. The van der Waals surface area contributed by atoms with Crippen LogP contribution in [0.1, 0.15) is 26.7 Å². The van der Waals surface area contributed by atoms with E-state index in [-0.39, 0.29) is 13.0 Å². The van der Waals surface area contributed by atoms with E-state index < -0.39 is 48.0 Å². The predicted molar refractivity (Wildman–Crippen MR) is 71.1 cm³/mol. The third kappa shape index (κ3) is 4.66. The Morgan fingerprint density at radius 2 is 1.52 bits per heavy atom. The van der Waals surface area contributed by atoms with E-state index in [4.69, 9.17) is 14.9 Å². The molecule has 0 saturated carbocycles. The Balaban J connectivity index is 3.10. The molecule has 1 fully saturated rings. The van der Waals surface area contributed by atoms with Crippen LogP contribution in [0.4, 0.5) is 0 Å². The molecule has 0 aliphatic carbocycles. The molecule has 1 rings (SSSR count). The van der Waals surface area contributed by atoms with Crippen LogP contribution in [0.5, 0.6) is 0 Å². The van der Waals surface area contributed by atoms with Crippen LogP contribution in [0, 0.1) is 0 Å². The number of esters is 2. The van der Waals surface area contributed by atoms with Crippen LogP contribution < -0.4 is 0 Å². The molecular weight excluding hydrogens is 314 g/mol. The molecule has 3 atom stereocenters. The van der Waals surface area contributed by atoms with Crippen molar-refractivity contribution in [1.29, 1.82) is 0 Å². The molecule has 0 spiro atoms. The van der Waals surface area contributed by atoms with Gasteiger partial charge >= 0.3 is 23.9 Å². The van der Waals surface area contributed by atoms with Gasteiger partial charge in [0.25, 0.3) is 5.91 Å². The summed E-state index contributed by atoms with van der Waals surface area (Å²) in [4.78, 5) is 57.9. The van der Waals surface area contributed by atoms with Crippen molar-refractivity contribution in [2.24, 2.45) is 0 Å². The van der Waals surface area contributed by atoms with E-state index in [1.807, 2.05) is 0 Å². The molecule has 0 bridgehead atoms. The van der Waals surface area contributed by atoms with Gasteiger partial charge in [0.15, 0.2) is 0 Å². The second-order valence-corrected chi connectivity index (χ2v) is 4.93. The lowest BCUT2D eigenvalue weighted by molar-refractivity contribution is -0.184. The molecule has 0 radical (unpaired) electrons. The number of hydrogen-bond acceptors (Lipinski definition) is 7. The first-order valence-electron chi connectivity index (χ1n) is 6.75. The third-order valence-corrected chi connectivity index (χ3v) is 3.17. The van der Waals surface area contributed by atoms with Gasteiger partial charge in [0.2, 0.25) is 12.2 Å². The minimum atomic E-state index is -2.06. The molecule has 0 aromatic heterocycles. The Morgan fingerprint density at radius 1 is 1.00 bits per heavy atom. The van der Waals surface area contributed by atoms with Crippen molar-refractivity contribution in [2.75, 3.05) is 6.54 Å². The van der Waals surface area contributed by atoms with Crippen LogP contribution in [0.3, 0.4) is 0 Å². The van der Waals surface area contributed by atoms with Gasteiger partial charge in [0, 0.05) is 20.4 Å². The Hall–Kier alpha value is -2.65. The summed E-state index contributed by atoms with van der Waals surface area (Å²) in [5, 5.41) is 18.2. The number of carbonyl (C=O) groups is 5. The van der Waals surface area contributed by atoms with E-state index in [0.29, 0.717) is 6.42 Å². The SMILES string of the molecule is CC(=O)O[C@H](C(=O)O)[C@H](OC(C)=O)C(=O)N1CCC[C@H]1C(=O)O. The molecule has 1 heterocycles. The van der Waals surface area contributed by atoms with Crippen molar-refractivity contribution >= 4 is 29.8 Å². The van der Waals surface area contributed by atoms with Crippen molar-refractivity contribution in [1.82, 2.24) is 4.90 Å². The van der Waals surface area contributed by atoms with E-state index in [1.165, 1.54) is 0 Å². The van der Waals surface area contributed by atoms with Crippen molar-refractivity contribution in [3.8, 4) is 0 Å². The molecule has 128 valence electrons. The molecule has 23 heavy (non-hydrogen) atoms. The second-order valence-electron chi connectivity index (χ2n) is 4.93. The van der Waals surface area contributed by atoms with Crippen LogP contribution in [0.25, 0.3) is 0 Å². The van der Waals surface area contributed by atoms with Crippen LogP contribution in [-0.2, 0) is 33.4 Å². The topological polar surface area (TPSA) is 148 Å². The normalized spacial score (nSPS) is 19.6. The fraction of sp³-hybridized carbons (Fsp3) is 0.615.